The predicted molar refractivity (Wildman–Crippen MR) is 63.6 cm³/mol. The lowest BCUT2D eigenvalue weighted by Gasteiger charge is -2.05. The lowest BCUT2D eigenvalue weighted by atomic mass is 10.1. The predicted octanol–water partition coefficient (Wildman–Crippen LogP) is 0.799. The fourth-order valence-corrected chi connectivity index (χ4v) is 1.51. The quantitative estimate of drug-likeness (QED) is 0.792. The van der Waals surface area contributed by atoms with Gasteiger partial charge < -0.3 is 5.32 Å². The van der Waals surface area contributed by atoms with Crippen molar-refractivity contribution in [1.29, 1.82) is 0 Å². The molecule has 6 heteroatoms. The minimum Gasteiger partial charge on any atom is -0.352 e. The van der Waals surface area contributed by atoms with Crippen molar-refractivity contribution in [2.75, 3.05) is 6.26 Å². The van der Waals surface area contributed by atoms with Gasteiger partial charge in [0.15, 0.2) is 0 Å². The molecule has 0 heterocycles. The van der Waals surface area contributed by atoms with Crippen molar-refractivity contribution < 1.29 is 17.4 Å². The highest BCUT2D eigenvalue weighted by molar-refractivity contribution is 7.85. The monoisotopic (exact) mass is 257 g/mol. The zero-order valence-electron chi connectivity index (χ0n) is 9.76. The van der Waals surface area contributed by atoms with E-state index >= 15 is 0 Å². The summed E-state index contributed by atoms with van der Waals surface area (Å²) in [7, 11) is -3.41. The minimum atomic E-state index is -3.41. The van der Waals surface area contributed by atoms with Crippen LogP contribution >= 0.6 is 0 Å². The first kappa shape index (κ1) is 13.7. The number of nitrogens with one attached hydrogen (secondary N) is 1. The maximum atomic E-state index is 10.8. The van der Waals surface area contributed by atoms with E-state index in [4.69, 9.17) is 0 Å². The summed E-state index contributed by atoms with van der Waals surface area (Å²) in [4.78, 5) is 10.7. The molecule has 1 aromatic carbocycles. The van der Waals surface area contributed by atoms with Gasteiger partial charge in [0.1, 0.15) is 0 Å². The standard InChI is InChI=1S/C11H15NO4S/c1-9(13)12-7-10-3-5-11(6-4-10)8-16-17(2,14)15/h3-6H,7-8H2,1-2H3,(H,12,13). The van der Waals surface area contributed by atoms with Gasteiger partial charge in [0.2, 0.25) is 5.91 Å². The van der Waals surface area contributed by atoms with Gasteiger partial charge in [0.25, 0.3) is 10.1 Å². The number of rotatable bonds is 5. The highest BCUT2D eigenvalue weighted by Crippen LogP contribution is 2.07. The van der Waals surface area contributed by atoms with Crippen LogP contribution in [0.4, 0.5) is 0 Å². The summed E-state index contributed by atoms with van der Waals surface area (Å²) >= 11 is 0. The van der Waals surface area contributed by atoms with E-state index in [0.717, 1.165) is 17.4 Å². The van der Waals surface area contributed by atoms with Gasteiger partial charge in [-0.3, -0.25) is 8.98 Å². The molecule has 0 spiro atoms. The number of benzene rings is 1. The average molecular weight is 257 g/mol. The number of amides is 1. The smallest absolute Gasteiger partial charge is 0.264 e. The normalized spacial score (nSPS) is 11.2. The summed E-state index contributed by atoms with van der Waals surface area (Å²) in [6.07, 6.45) is 1.01. The molecular formula is C11H15NO4S. The molecule has 1 amide bonds. The van der Waals surface area contributed by atoms with Gasteiger partial charge in [-0.15, -0.1) is 0 Å². The topological polar surface area (TPSA) is 72.5 Å². The second-order valence-electron chi connectivity index (χ2n) is 3.69. The Balaban J connectivity index is 2.53. The zero-order valence-corrected chi connectivity index (χ0v) is 10.6. The molecule has 1 N–H and O–H groups in total. The van der Waals surface area contributed by atoms with E-state index in [1.54, 1.807) is 12.1 Å². The maximum Gasteiger partial charge on any atom is 0.264 e. The largest absolute Gasteiger partial charge is 0.352 e. The van der Waals surface area contributed by atoms with Crippen molar-refractivity contribution >= 4 is 16.0 Å². The molecule has 0 saturated carbocycles. The molecule has 1 rings (SSSR count). The van der Waals surface area contributed by atoms with Crippen LogP contribution in [0.3, 0.4) is 0 Å². The highest BCUT2D eigenvalue weighted by atomic mass is 32.2. The summed E-state index contributed by atoms with van der Waals surface area (Å²) in [5.41, 5.74) is 1.71. The molecule has 0 atom stereocenters. The third-order valence-electron chi connectivity index (χ3n) is 2.00. The van der Waals surface area contributed by atoms with Crippen LogP contribution in [0, 0.1) is 0 Å². The average Bonchev–Trinajstić information content (AvgIpc) is 2.24. The Kier molecular flexibility index (Phi) is 4.65. The Labute approximate surface area is 101 Å². The number of hydrogen-bond donors (Lipinski definition) is 1. The van der Waals surface area contributed by atoms with Crippen LogP contribution in [0.5, 0.6) is 0 Å². The van der Waals surface area contributed by atoms with Crippen LogP contribution in [-0.2, 0) is 32.2 Å². The van der Waals surface area contributed by atoms with Crippen molar-refractivity contribution in [3.05, 3.63) is 35.4 Å². The minimum absolute atomic E-state index is 0.0270. The fraction of sp³-hybridized carbons (Fsp3) is 0.364. The maximum absolute atomic E-state index is 10.8. The Morgan fingerprint density at radius 2 is 1.76 bits per heavy atom. The Morgan fingerprint density at radius 1 is 1.24 bits per heavy atom. The van der Waals surface area contributed by atoms with Crippen molar-refractivity contribution in [2.45, 2.75) is 20.1 Å². The zero-order chi connectivity index (χ0) is 12.9. The molecule has 0 aliphatic rings. The molecular weight excluding hydrogens is 242 g/mol. The van der Waals surface area contributed by atoms with Crippen molar-refractivity contribution in [1.82, 2.24) is 5.32 Å². The summed E-state index contributed by atoms with van der Waals surface area (Å²) < 4.78 is 26.2. The van der Waals surface area contributed by atoms with Gasteiger partial charge in [-0.25, -0.2) is 0 Å². The third-order valence-corrected chi connectivity index (χ3v) is 2.55. The number of carbonyl (C=O) groups is 1. The second-order valence-corrected chi connectivity index (χ2v) is 5.34. The molecule has 0 radical (unpaired) electrons. The molecule has 1 aromatic rings. The Bertz CT molecular complexity index is 479. The van der Waals surface area contributed by atoms with Gasteiger partial charge >= 0.3 is 0 Å². The second kappa shape index (κ2) is 5.79. The summed E-state index contributed by atoms with van der Waals surface area (Å²) in [6.45, 7) is 1.94. The Hall–Kier alpha value is -1.40. The summed E-state index contributed by atoms with van der Waals surface area (Å²) in [6, 6.07) is 7.17. The van der Waals surface area contributed by atoms with Gasteiger partial charge in [0, 0.05) is 13.5 Å². The van der Waals surface area contributed by atoms with Crippen molar-refractivity contribution in [3.8, 4) is 0 Å². The first-order valence-electron chi connectivity index (χ1n) is 5.03. The molecule has 0 unspecified atom stereocenters. The number of hydrogen-bond acceptors (Lipinski definition) is 4. The van der Waals surface area contributed by atoms with Crippen molar-refractivity contribution in [2.24, 2.45) is 0 Å². The van der Waals surface area contributed by atoms with E-state index in [1.807, 2.05) is 12.1 Å². The van der Waals surface area contributed by atoms with E-state index in [2.05, 4.69) is 9.50 Å². The van der Waals surface area contributed by atoms with E-state index in [9.17, 15) is 13.2 Å². The van der Waals surface area contributed by atoms with Crippen LogP contribution in [0.2, 0.25) is 0 Å². The molecule has 17 heavy (non-hydrogen) atoms. The SMILES string of the molecule is CC(=O)NCc1ccc(COS(C)(=O)=O)cc1. The van der Waals surface area contributed by atoms with Gasteiger partial charge in [-0.05, 0) is 11.1 Å². The molecule has 0 aliphatic heterocycles. The van der Waals surface area contributed by atoms with E-state index in [-0.39, 0.29) is 12.5 Å². The molecule has 0 saturated heterocycles. The molecule has 0 aliphatic carbocycles. The van der Waals surface area contributed by atoms with E-state index in [1.165, 1.54) is 6.92 Å². The van der Waals surface area contributed by atoms with Gasteiger partial charge in [-0.1, -0.05) is 24.3 Å². The van der Waals surface area contributed by atoms with Crippen LogP contribution in [0.15, 0.2) is 24.3 Å². The molecule has 0 aromatic heterocycles. The van der Waals surface area contributed by atoms with Gasteiger partial charge in [0.05, 0.1) is 12.9 Å². The lowest BCUT2D eigenvalue weighted by molar-refractivity contribution is -0.119. The molecule has 94 valence electrons. The lowest BCUT2D eigenvalue weighted by Crippen LogP contribution is -2.18. The number of carbonyl (C=O) groups excluding carboxylic acids is 1. The Morgan fingerprint density at radius 3 is 2.24 bits per heavy atom. The molecule has 0 fully saturated rings. The highest BCUT2D eigenvalue weighted by Gasteiger charge is 2.02. The first-order chi connectivity index (χ1) is 7.87. The van der Waals surface area contributed by atoms with Crippen molar-refractivity contribution in [3.63, 3.8) is 0 Å². The summed E-state index contributed by atoms with van der Waals surface area (Å²) in [5, 5.41) is 2.67. The van der Waals surface area contributed by atoms with E-state index in [0.29, 0.717) is 6.54 Å². The molecule has 0 bridgehead atoms. The first-order valence-corrected chi connectivity index (χ1v) is 6.85. The van der Waals surface area contributed by atoms with Crippen LogP contribution in [0.1, 0.15) is 18.1 Å². The third kappa shape index (κ3) is 6.03. The van der Waals surface area contributed by atoms with Crippen LogP contribution in [0.25, 0.3) is 0 Å². The van der Waals surface area contributed by atoms with E-state index < -0.39 is 10.1 Å². The van der Waals surface area contributed by atoms with Crippen LogP contribution < -0.4 is 5.32 Å². The molecule has 5 nitrogen and oxygen atoms in total. The van der Waals surface area contributed by atoms with Gasteiger partial charge in [-0.2, -0.15) is 8.42 Å². The summed E-state index contributed by atoms with van der Waals surface area (Å²) in [5.74, 6) is -0.0884. The fourth-order valence-electron chi connectivity index (χ4n) is 1.15. The van der Waals surface area contributed by atoms with Crippen LogP contribution in [-0.4, -0.2) is 20.6 Å².